The number of ether oxygens (including phenoxy) is 1. The molecule has 132 valence electrons. The summed E-state index contributed by atoms with van der Waals surface area (Å²) >= 11 is 0. The van der Waals surface area contributed by atoms with Gasteiger partial charge in [0.1, 0.15) is 0 Å². The van der Waals surface area contributed by atoms with Gasteiger partial charge in [0.15, 0.2) is 0 Å². The van der Waals surface area contributed by atoms with E-state index in [-0.39, 0.29) is 23.7 Å². The molecule has 2 atom stereocenters. The van der Waals surface area contributed by atoms with Crippen molar-refractivity contribution in [2.24, 2.45) is 11.8 Å². The molecule has 0 aliphatic carbocycles. The fourth-order valence-electron chi connectivity index (χ4n) is 3.36. The van der Waals surface area contributed by atoms with Crippen molar-refractivity contribution in [3.8, 4) is 0 Å². The van der Waals surface area contributed by atoms with Gasteiger partial charge in [0, 0.05) is 32.7 Å². The van der Waals surface area contributed by atoms with Gasteiger partial charge in [-0.05, 0) is 26.3 Å². The highest BCUT2D eigenvalue weighted by Gasteiger charge is 2.43. The predicted molar refractivity (Wildman–Crippen MR) is 93.3 cm³/mol. The maximum atomic E-state index is 12.8. The number of amides is 1. The van der Waals surface area contributed by atoms with E-state index in [2.05, 4.69) is 17.0 Å². The second kappa shape index (κ2) is 8.83. The van der Waals surface area contributed by atoms with Crippen molar-refractivity contribution >= 4 is 11.9 Å². The largest absolute Gasteiger partial charge is 0.466 e. The minimum Gasteiger partial charge on any atom is -0.466 e. The number of hydrogen-bond donors (Lipinski definition) is 0. The van der Waals surface area contributed by atoms with Crippen LogP contribution in [0.15, 0.2) is 30.3 Å². The van der Waals surface area contributed by atoms with E-state index in [9.17, 15) is 9.59 Å². The zero-order chi connectivity index (χ0) is 17.5. The fraction of sp³-hybridized carbons (Fsp3) is 0.579. The summed E-state index contributed by atoms with van der Waals surface area (Å²) in [5.41, 5.74) is 1.19. The first-order chi connectivity index (χ1) is 11.6. The summed E-state index contributed by atoms with van der Waals surface area (Å²) in [6.45, 7) is 9.35. The maximum Gasteiger partial charge on any atom is 0.311 e. The molecule has 1 unspecified atom stereocenters. The molecule has 5 heteroatoms. The number of hydrogen-bond acceptors (Lipinski definition) is 4. The molecule has 24 heavy (non-hydrogen) atoms. The van der Waals surface area contributed by atoms with Crippen LogP contribution in [0.5, 0.6) is 0 Å². The minimum atomic E-state index is -0.373. The molecule has 1 fully saturated rings. The Morgan fingerprint density at radius 2 is 1.71 bits per heavy atom. The first-order valence-corrected chi connectivity index (χ1v) is 8.82. The van der Waals surface area contributed by atoms with Crippen LogP contribution in [0.2, 0.25) is 0 Å². The Morgan fingerprint density at radius 3 is 2.29 bits per heavy atom. The van der Waals surface area contributed by atoms with Crippen LogP contribution < -0.4 is 0 Å². The highest BCUT2D eigenvalue weighted by molar-refractivity contribution is 5.86. The molecule has 0 N–H and O–H groups in total. The zero-order valence-corrected chi connectivity index (χ0v) is 14.9. The number of rotatable bonds is 7. The van der Waals surface area contributed by atoms with Crippen LogP contribution in [0, 0.1) is 11.8 Å². The maximum absolute atomic E-state index is 12.8. The van der Waals surface area contributed by atoms with Gasteiger partial charge in [0.05, 0.1) is 18.4 Å². The summed E-state index contributed by atoms with van der Waals surface area (Å²) in [4.78, 5) is 29.1. The van der Waals surface area contributed by atoms with Crippen LogP contribution in [0.3, 0.4) is 0 Å². The van der Waals surface area contributed by atoms with Crippen LogP contribution in [-0.2, 0) is 20.9 Å². The van der Waals surface area contributed by atoms with E-state index in [4.69, 9.17) is 4.74 Å². The first-order valence-electron chi connectivity index (χ1n) is 8.82. The quantitative estimate of drug-likeness (QED) is 0.718. The molecule has 1 heterocycles. The second-order valence-corrected chi connectivity index (χ2v) is 6.16. The van der Waals surface area contributed by atoms with Crippen molar-refractivity contribution in [3.05, 3.63) is 35.9 Å². The Hall–Kier alpha value is -1.88. The first kappa shape index (κ1) is 18.5. The molecule has 2 rings (SSSR count). The molecule has 1 aromatic carbocycles. The molecule has 5 nitrogen and oxygen atoms in total. The smallest absolute Gasteiger partial charge is 0.311 e. The van der Waals surface area contributed by atoms with Crippen LogP contribution in [0.1, 0.15) is 26.3 Å². The topological polar surface area (TPSA) is 49.9 Å². The zero-order valence-electron chi connectivity index (χ0n) is 14.9. The summed E-state index contributed by atoms with van der Waals surface area (Å²) in [6.07, 6.45) is 0. The number of esters is 1. The average Bonchev–Trinajstić information content (AvgIpc) is 3.01. The SMILES string of the molecule is CCOC(=O)[C@H]1CN(Cc2ccccc2)CC1C(=O)N(CC)CC. The number of carbonyl (C=O) groups is 2. The monoisotopic (exact) mass is 332 g/mol. The molecule has 1 aromatic rings. The molecule has 0 bridgehead atoms. The third-order valence-corrected chi connectivity index (χ3v) is 4.63. The molecular weight excluding hydrogens is 304 g/mol. The Kier molecular flexibility index (Phi) is 6.79. The molecule has 0 saturated carbocycles. The van der Waals surface area contributed by atoms with Crippen LogP contribution in [0.4, 0.5) is 0 Å². The third-order valence-electron chi connectivity index (χ3n) is 4.63. The molecule has 0 radical (unpaired) electrons. The molecule has 1 aliphatic rings. The summed E-state index contributed by atoms with van der Waals surface area (Å²) in [5.74, 6) is -0.874. The lowest BCUT2D eigenvalue weighted by molar-refractivity contribution is -0.152. The van der Waals surface area contributed by atoms with Crippen LogP contribution in [0.25, 0.3) is 0 Å². The lowest BCUT2D eigenvalue weighted by Crippen LogP contribution is -2.41. The Bertz CT molecular complexity index is 543. The van der Waals surface area contributed by atoms with Gasteiger partial charge >= 0.3 is 5.97 Å². The third kappa shape index (κ3) is 4.35. The van der Waals surface area contributed by atoms with Crippen molar-refractivity contribution < 1.29 is 14.3 Å². The van der Waals surface area contributed by atoms with Crippen molar-refractivity contribution in [3.63, 3.8) is 0 Å². The van der Waals surface area contributed by atoms with E-state index in [1.165, 1.54) is 5.56 Å². The number of carbonyl (C=O) groups excluding carboxylic acids is 2. The van der Waals surface area contributed by atoms with E-state index in [0.717, 1.165) is 6.54 Å². The van der Waals surface area contributed by atoms with Gasteiger partial charge in [-0.3, -0.25) is 14.5 Å². The van der Waals surface area contributed by atoms with Gasteiger partial charge < -0.3 is 9.64 Å². The number of nitrogens with zero attached hydrogens (tertiary/aromatic N) is 2. The highest BCUT2D eigenvalue weighted by Crippen LogP contribution is 2.28. The minimum absolute atomic E-state index is 0.0635. The van der Waals surface area contributed by atoms with Crippen molar-refractivity contribution in [1.82, 2.24) is 9.80 Å². The Labute approximate surface area is 144 Å². The van der Waals surface area contributed by atoms with E-state index < -0.39 is 0 Å². The van der Waals surface area contributed by atoms with Crippen molar-refractivity contribution in [2.75, 3.05) is 32.8 Å². The van der Waals surface area contributed by atoms with Gasteiger partial charge in [-0.25, -0.2) is 0 Å². The molecule has 1 aliphatic heterocycles. The van der Waals surface area contributed by atoms with E-state index in [1.807, 2.05) is 36.9 Å². The summed E-state index contributed by atoms with van der Waals surface area (Å²) < 4.78 is 5.22. The van der Waals surface area contributed by atoms with Crippen molar-refractivity contribution in [1.29, 1.82) is 0 Å². The Morgan fingerprint density at radius 1 is 1.08 bits per heavy atom. The predicted octanol–water partition coefficient (Wildman–Crippen LogP) is 2.17. The second-order valence-electron chi connectivity index (χ2n) is 6.16. The lowest BCUT2D eigenvalue weighted by Gasteiger charge is -2.25. The standard InChI is InChI=1S/C19H28N2O3/c1-4-21(5-2)18(22)16-13-20(12-15-10-8-7-9-11-15)14-17(16)19(23)24-6-3/h7-11,16-17H,4-6,12-14H2,1-3H3/t16?,17-/m0/s1. The van der Waals surface area contributed by atoms with Gasteiger partial charge in [0.25, 0.3) is 0 Å². The Balaban J connectivity index is 2.13. The number of likely N-dealkylation sites (tertiary alicyclic amines) is 1. The van der Waals surface area contributed by atoms with E-state index >= 15 is 0 Å². The average molecular weight is 332 g/mol. The molecule has 1 amide bonds. The van der Waals surface area contributed by atoms with Crippen molar-refractivity contribution in [2.45, 2.75) is 27.3 Å². The van der Waals surface area contributed by atoms with Gasteiger partial charge in [-0.1, -0.05) is 30.3 Å². The highest BCUT2D eigenvalue weighted by atomic mass is 16.5. The molecular formula is C19H28N2O3. The normalized spacial score (nSPS) is 20.8. The van der Waals surface area contributed by atoms with Gasteiger partial charge in [-0.2, -0.15) is 0 Å². The summed E-state index contributed by atoms with van der Waals surface area (Å²) in [7, 11) is 0. The van der Waals surface area contributed by atoms with Crippen LogP contribution >= 0.6 is 0 Å². The molecule has 0 spiro atoms. The van der Waals surface area contributed by atoms with Gasteiger partial charge in [0.2, 0.25) is 5.91 Å². The van der Waals surface area contributed by atoms with Gasteiger partial charge in [-0.15, -0.1) is 0 Å². The van der Waals surface area contributed by atoms with E-state index in [0.29, 0.717) is 32.8 Å². The van der Waals surface area contributed by atoms with Crippen LogP contribution in [-0.4, -0.2) is 54.5 Å². The fourth-order valence-corrected chi connectivity index (χ4v) is 3.36. The lowest BCUT2D eigenvalue weighted by atomic mass is 9.94. The summed E-state index contributed by atoms with van der Waals surface area (Å²) in [6, 6.07) is 10.1. The molecule has 1 saturated heterocycles. The summed E-state index contributed by atoms with van der Waals surface area (Å²) in [5, 5.41) is 0. The van der Waals surface area contributed by atoms with E-state index in [1.54, 1.807) is 6.92 Å². The molecule has 0 aromatic heterocycles. The number of benzene rings is 1.